The minimum absolute atomic E-state index is 0.198. The number of rotatable bonds is 2. The van der Waals surface area contributed by atoms with Crippen LogP contribution in [-0.4, -0.2) is 32.2 Å². The van der Waals surface area contributed by atoms with Crippen molar-refractivity contribution in [2.75, 3.05) is 0 Å². The van der Waals surface area contributed by atoms with Crippen LogP contribution in [0.2, 0.25) is 0 Å². The molecule has 1 aliphatic heterocycles. The molecular formula is C16H17N3O4S. The third-order valence-electron chi connectivity index (χ3n) is 4.65. The average molecular weight is 347 g/mol. The summed E-state index contributed by atoms with van der Waals surface area (Å²) in [5.74, 6) is 0.411. The van der Waals surface area contributed by atoms with Crippen LogP contribution >= 0.6 is 0 Å². The molecule has 0 atom stereocenters. The molecule has 3 aromatic rings. The lowest BCUT2D eigenvalue weighted by Gasteiger charge is -2.19. The molecule has 0 radical (unpaired) electrons. The fourth-order valence-electron chi connectivity index (χ4n) is 3.72. The van der Waals surface area contributed by atoms with Crippen molar-refractivity contribution < 1.29 is 18.1 Å². The predicted molar refractivity (Wildman–Crippen MR) is 89.5 cm³/mol. The molecule has 2 aromatic heterocycles. The molecule has 0 fully saturated rings. The van der Waals surface area contributed by atoms with Gasteiger partial charge in [-0.2, -0.15) is 8.42 Å². The van der Waals surface area contributed by atoms with Gasteiger partial charge in [0.2, 0.25) is 0 Å². The van der Waals surface area contributed by atoms with Gasteiger partial charge in [0, 0.05) is 24.5 Å². The number of hydrogen-bond donors (Lipinski definition) is 2. The van der Waals surface area contributed by atoms with E-state index in [2.05, 4.69) is 4.98 Å². The lowest BCUT2D eigenvalue weighted by molar-refractivity contribution is 0.476. The molecule has 126 valence electrons. The highest BCUT2D eigenvalue weighted by molar-refractivity contribution is 7.85. The standard InChI is InChI=1S/C16H17N3O4S/c1-9-17-13(8-24(21,22)23)16-15-11(5-6-19(9)16)12-7-10(20)3-4-14(12)18(15)2/h3-4,7,20H,5-6,8H2,1-2H3,(H,21,22,23). The first kappa shape index (κ1) is 15.2. The highest BCUT2D eigenvalue weighted by atomic mass is 32.2. The van der Waals surface area contributed by atoms with Crippen molar-refractivity contribution in [2.45, 2.75) is 25.6 Å². The second-order valence-electron chi connectivity index (χ2n) is 6.17. The minimum atomic E-state index is -4.17. The van der Waals surface area contributed by atoms with Crippen LogP contribution < -0.4 is 0 Å². The Bertz CT molecular complexity index is 1090. The molecule has 1 aromatic carbocycles. The van der Waals surface area contributed by atoms with Gasteiger partial charge in [-0.3, -0.25) is 4.55 Å². The van der Waals surface area contributed by atoms with Gasteiger partial charge in [0.15, 0.2) is 0 Å². The number of hydrogen-bond acceptors (Lipinski definition) is 4. The number of phenols is 1. The molecule has 2 N–H and O–H groups in total. The summed E-state index contributed by atoms with van der Waals surface area (Å²) in [6.07, 6.45) is 0.769. The first-order valence-corrected chi connectivity index (χ1v) is 9.19. The van der Waals surface area contributed by atoms with Crippen molar-refractivity contribution in [2.24, 2.45) is 7.05 Å². The third-order valence-corrected chi connectivity index (χ3v) is 5.29. The van der Waals surface area contributed by atoms with Crippen molar-refractivity contribution in [3.8, 4) is 17.1 Å². The highest BCUT2D eigenvalue weighted by Crippen LogP contribution is 2.40. The zero-order chi connectivity index (χ0) is 17.2. The summed E-state index contributed by atoms with van der Waals surface area (Å²) in [5, 5.41) is 10.8. The van der Waals surface area contributed by atoms with Gasteiger partial charge in [-0.05, 0) is 37.1 Å². The van der Waals surface area contributed by atoms with Crippen molar-refractivity contribution in [1.82, 2.24) is 14.1 Å². The number of nitrogens with zero attached hydrogens (tertiary/aromatic N) is 3. The van der Waals surface area contributed by atoms with Crippen LogP contribution in [0.1, 0.15) is 17.1 Å². The van der Waals surface area contributed by atoms with E-state index in [0.717, 1.165) is 40.1 Å². The number of benzene rings is 1. The Morgan fingerprint density at radius 1 is 1.29 bits per heavy atom. The average Bonchev–Trinajstić information content (AvgIpc) is 2.94. The summed E-state index contributed by atoms with van der Waals surface area (Å²) < 4.78 is 36.0. The fourth-order valence-corrected chi connectivity index (χ4v) is 4.27. The van der Waals surface area contributed by atoms with Gasteiger partial charge in [-0.15, -0.1) is 0 Å². The van der Waals surface area contributed by atoms with Crippen LogP contribution in [-0.2, 0) is 35.9 Å². The first-order valence-electron chi connectivity index (χ1n) is 7.58. The molecule has 0 unspecified atom stereocenters. The summed E-state index contributed by atoms with van der Waals surface area (Å²) in [7, 11) is -2.26. The zero-order valence-electron chi connectivity index (χ0n) is 13.3. The van der Waals surface area contributed by atoms with Crippen LogP contribution in [0.4, 0.5) is 0 Å². The molecular weight excluding hydrogens is 330 g/mol. The predicted octanol–water partition coefficient (Wildman–Crippen LogP) is 2.00. The molecule has 0 spiro atoms. The van der Waals surface area contributed by atoms with Crippen molar-refractivity contribution in [1.29, 1.82) is 0 Å². The molecule has 1 aliphatic rings. The molecule has 3 heterocycles. The molecule has 0 amide bonds. The van der Waals surface area contributed by atoms with Gasteiger partial charge in [0.25, 0.3) is 10.1 Å². The van der Waals surface area contributed by atoms with E-state index in [1.54, 1.807) is 12.1 Å². The van der Waals surface area contributed by atoms with Gasteiger partial charge >= 0.3 is 0 Å². The van der Waals surface area contributed by atoms with E-state index >= 15 is 0 Å². The highest BCUT2D eigenvalue weighted by Gasteiger charge is 2.29. The molecule has 4 rings (SSSR count). The zero-order valence-corrected chi connectivity index (χ0v) is 14.1. The lowest BCUT2D eigenvalue weighted by atomic mass is 10.0. The second-order valence-corrected chi connectivity index (χ2v) is 7.62. The Labute approximate surface area is 138 Å². The molecule has 7 nitrogen and oxygen atoms in total. The minimum Gasteiger partial charge on any atom is -0.508 e. The van der Waals surface area contributed by atoms with Crippen molar-refractivity contribution in [3.63, 3.8) is 0 Å². The Morgan fingerprint density at radius 3 is 2.75 bits per heavy atom. The Kier molecular flexibility index (Phi) is 3.07. The van der Waals surface area contributed by atoms with Crippen LogP contribution in [0.5, 0.6) is 5.75 Å². The lowest BCUT2D eigenvalue weighted by Crippen LogP contribution is -2.14. The van der Waals surface area contributed by atoms with Gasteiger partial charge in [-0.1, -0.05) is 0 Å². The van der Waals surface area contributed by atoms with Crippen LogP contribution in [0.15, 0.2) is 18.2 Å². The summed E-state index contributed by atoms with van der Waals surface area (Å²) in [4.78, 5) is 4.37. The number of imidazole rings is 1. The van der Waals surface area contributed by atoms with Crippen LogP contribution in [0.25, 0.3) is 22.3 Å². The number of aromatic nitrogens is 3. The Balaban J connectivity index is 2.06. The largest absolute Gasteiger partial charge is 0.508 e. The number of phenolic OH excluding ortho intramolecular Hbond substituents is 1. The number of aryl methyl sites for hydroxylation is 3. The maximum absolute atomic E-state index is 11.4. The van der Waals surface area contributed by atoms with Gasteiger partial charge in [0.1, 0.15) is 17.3 Å². The number of aromatic hydroxyl groups is 1. The van der Waals surface area contributed by atoms with E-state index in [1.807, 2.05) is 29.2 Å². The topological polar surface area (TPSA) is 97.4 Å². The van der Waals surface area contributed by atoms with E-state index < -0.39 is 15.9 Å². The molecule has 0 saturated heterocycles. The van der Waals surface area contributed by atoms with Crippen LogP contribution in [0, 0.1) is 6.92 Å². The van der Waals surface area contributed by atoms with E-state index in [1.165, 1.54) is 0 Å². The summed E-state index contributed by atoms with van der Waals surface area (Å²) >= 11 is 0. The monoisotopic (exact) mass is 347 g/mol. The Morgan fingerprint density at radius 2 is 2.04 bits per heavy atom. The smallest absolute Gasteiger partial charge is 0.270 e. The van der Waals surface area contributed by atoms with E-state index in [0.29, 0.717) is 12.2 Å². The van der Waals surface area contributed by atoms with Crippen molar-refractivity contribution in [3.05, 3.63) is 35.3 Å². The van der Waals surface area contributed by atoms with Gasteiger partial charge in [-0.25, -0.2) is 4.98 Å². The molecule has 8 heteroatoms. The van der Waals surface area contributed by atoms with E-state index in [9.17, 15) is 18.1 Å². The molecule has 0 bridgehead atoms. The van der Waals surface area contributed by atoms with Gasteiger partial charge < -0.3 is 14.2 Å². The van der Waals surface area contributed by atoms with Crippen LogP contribution in [0.3, 0.4) is 0 Å². The number of fused-ring (bicyclic) bond motifs is 5. The van der Waals surface area contributed by atoms with E-state index in [-0.39, 0.29) is 5.75 Å². The summed E-state index contributed by atoms with van der Waals surface area (Å²) in [6, 6.07) is 5.21. The second kappa shape index (κ2) is 4.84. The first-order chi connectivity index (χ1) is 11.3. The van der Waals surface area contributed by atoms with E-state index in [4.69, 9.17) is 0 Å². The normalized spacial score (nSPS) is 14.0. The molecule has 24 heavy (non-hydrogen) atoms. The maximum Gasteiger partial charge on any atom is 0.270 e. The fraction of sp³-hybridized carbons (Fsp3) is 0.312. The summed E-state index contributed by atoms with van der Waals surface area (Å²) in [5.41, 5.74) is 3.99. The van der Waals surface area contributed by atoms with Crippen molar-refractivity contribution >= 4 is 21.0 Å². The maximum atomic E-state index is 11.4. The SMILES string of the molecule is Cc1nc(CS(=O)(=O)O)c2n1CCc1c-2n(C)c2ccc(O)cc12. The third kappa shape index (κ3) is 2.14. The Hall–Kier alpha value is -2.32. The molecule has 0 saturated carbocycles. The summed E-state index contributed by atoms with van der Waals surface area (Å²) in [6.45, 7) is 2.51. The molecule has 0 aliphatic carbocycles. The van der Waals surface area contributed by atoms with Gasteiger partial charge in [0.05, 0.1) is 17.1 Å². The quantitative estimate of drug-likeness (QED) is 0.691.